The molecule has 1 N–H and O–H groups in total. The summed E-state index contributed by atoms with van der Waals surface area (Å²) >= 11 is 0. The fraction of sp³-hybridized carbons (Fsp3) is 0.933. The van der Waals surface area contributed by atoms with Crippen LogP contribution in [0.5, 0.6) is 0 Å². The van der Waals surface area contributed by atoms with Crippen molar-refractivity contribution in [3.05, 3.63) is 0 Å². The number of hydrogen-bond acceptors (Lipinski definition) is 4. The number of nitrogens with one attached hydrogen (secondary N) is 1. The maximum Gasteiger partial charge on any atom is 0.105 e. The molecule has 0 fully saturated rings. The number of nitrogens with zero attached hydrogens (tertiary/aromatic N) is 3. The lowest BCUT2D eigenvalue weighted by Crippen LogP contribution is -2.48. The molecule has 112 valence electrons. The Labute approximate surface area is 119 Å². The van der Waals surface area contributed by atoms with Crippen LogP contribution in [0.1, 0.15) is 40.5 Å². The van der Waals surface area contributed by atoms with Crippen molar-refractivity contribution in [3.63, 3.8) is 0 Å². The predicted molar refractivity (Wildman–Crippen MR) is 82.2 cm³/mol. The molecule has 0 aromatic carbocycles. The van der Waals surface area contributed by atoms with Crippen LogP contribution in [-0.2, 0) is 0 Å². The monoisotopic (exact) mass is 268 g/mol. The van der Waals surface area contributed by atoms with Gasteiger partial charge in [-0.25, -0.2) is 0 Å². The van der Waals surface area contributed by atoms with Crippen LogP contribution in [0.3, 0.4) is 0 Å². The fourth-order valence-corrected chi connectivity index (χ4v) is 2.44. The van der Waals surface area contributed by atoms with Gasteiger partial charge in [-0.1, -0.05) is 13.8 Å². The molecular weight excluding hydrogens is 236 g/mol. The molecule has 4 nitrogen and oxygen atoms in total. The molecule has 2 atom stereocenters. The highest BCUT2D eigenvalue weighted by atomic mass is 15.2. The number of rotatable bonds is 10. The van der Waals surface area contributed by atoms with Crippen molar-refractivity contribution in [2.45, 2.75) is 52.1 Å². The molecule has 0 heterocycles. The lowest BCUT2D eigenvalue weighted by atomic mass is 9.94. The lowest BCUT2D eigenvalue weighted by Gasteiger charge is -2.34. The van der Waals surface area contributed by atoms with Crippen LogP contribution in [0.2, 0.25) is 0 Å². The molecule has 0 aliphatic carbocycles. The Bertz CT molecular complexity index is 272. The summed E-state index contributed by atoms with van der Waals surface area (Å²) in [6.07, 6.45) is 2.02. The van der Waals surface area contributed by atoms with E-state index in [1.165, 1.54) is 0 Å². The molecular formula is C15H32N4. The summed E-state index contributed by atoms with van der Waals surface area (Å²) in [6.45, 7) is 12.6. The average molecular weight is 268 g/mol. The van der Waals surface area contributed by atoms with Crippen molar-refractivity contribution < 1.29 is 0 Å². The second kappa shape index (κ2) is 9.30. The molecule has 4 heteroatoms. The van der Waals surface area contributed by atoms with Gasteiger partial charge in [-0.3, -0.25) is 10.2 Å². The Kier molecular flexibility index (Phi) is 8.99. The van der Waals surface area contributed by atoms with E-state index in [1.54, 1.807) is 0 Å². The van der Waals surface area contributed by atoms with Crippen molar-refractivity contribution in [1.82, 2.24) is 15.1 Å². The van der Waals surface area contributed by atoms with Gasteiger partial charge in [-0.05, 0) is 53.9 Å². The van der Waals surface area contributed by atoms with Gasteiger partial charge in [0.05, 0.1) is 6.07 Å². The van der Waals surface area contributed by atoms with Gasteiger partial charge in [-0.15, -0.1) is 0 Å². The molecule has 0 saturated carbocycles. The van der Waals surface area contributed by atoms with E-state index in [0.717, 1.165) is 39.0 Å². The van der Waals surface area contributed by atoms with Gasteiger partial charge in [0, 0.05) is 19.1 Å². The van der Waals surface area contributed by atoms with E-state index in [2.05, 4.69) is 56.1 Å². The van der Waals surface area contributed by atoms with E-state index < -0.39 is 5.54 Å². The molecule has 0 aromatic rings. The van der Waals surface area contributed by atoms with Crippen molar-refractivity contribution >= 4 is 0 Å². The lowest BCUT2D eigenvalue weighted by molar-refractivity contribution is 0.162. The van der Waals surface area contributed by atoms with E-state index in [4.69, 9.17) is 0 Å². The van der Waals surface area contributed by atoms with Crippen LogP contribution in [0.15, 0.2) is 0 Å². The third-order valence-corrected chi connectivity index (χ3v) is 3.49. The molecule has 0 aliphatic heterocycles. The van der Waals surface area contributed by atoms with E-state index in [0.29, 0.717) is 6.04 Å². The minimum atomic E-state index is -0.418. The normalized spacial score (nSPS) is 16.4. The standard InChI is InChI=1S/C15H32N4/c1-7-9-19(11-10-18(5)6)14(3)12-15(4,13-16)17-8-2/h14,17H,7-12H2,1-6H3. The SMILES string of the molecule is CCCN(CCN(C)C)C(C)CC(C)(C#N)NCC. The van der Waals surface area contributed by atoms with Gasteiger partial charge >= 0.3 is 0 Å². The predicted octanol–water partition coefficient (Wildman–Crippen LogP) is 1.93. The molecule has 0 rings (SSSR count). The van der Waals surface area contributed by atoms with Crippen LogP contribution in [0, 0.1) is 11.3 Å². The molecule has 0 amide bonds. The maximum atomic E-state index is 9.36. The Morgan fingerprint density at radius 1 is 1.21 bits per heavy atom. The summed E-state index contributed by atoms with van der Waals surface area (Å²) < 4.78 is 0. The van der Waals surface area contributed by atoms with Crippen LogP contribution < -0.4 is 5.32 Å². The third-order valence-electron chi connectivity index (χ3n) is 3.49. The van der Waals surface area contributed by atoms with Crippen LogP contribution in [0.25, 0.3) is 0 Å². The molecule has 0 bridgehead atoms. The van der Waals surface area contributed by atoms with Gasteiger partial charge in [0.2, 0.25) is 0 Å². The van der Waals surface area contributed by atoms with E-state index >= 15 is 0 Å². The summed E-state index contributed by atoms with van der Waals surface area (Å²) in [6, 6.07) is 2.84. The smallest absolute Gasteiger partial charge is 0.105 e. The van der Waals surface area contributed by atoms with Gasteiger partial charge in [0.15, 0.2) is 0 Å². The summed E-state index contributed by atoms with van der Waals surface area (Å²) in [5, 5.41) is 12.7. The summed E-state index contributed by atoms with van der Waals surface area (Å²) in [7, 11) is 4.21. The molecule has 0 radical (unpaired) electrons. The highest BCUT2D eigenvalue weighted by molar-refractivity contribution is 5.05. The molecule has 0 aromatic heterocycles. The largest absolute Gasteiger partial charge is 0.308 e. The summed E-state index contributed by atoms with van der Waals surface area (Å²) in [4.78, 5) is 4.70. The van der Waals surface area contributed by atoms with Crippen molar-refractivity contribution in [3.8, 4) is 6.07 Å². The number of likely N-dealkylation sites (N-methyl/N-ethyl adjacent to an activating group) is 1. The van der Waals surface area contributed by atoms with E-state index in [-0.39, 0.29) is 0 Å². The zero-order valence-corrected chi connectivity index (χ0v) is 13.7. The minimum absolute atomic E-state index is 0.418. The van der Waals surface area contributed by atoms with Crippen molar-refractivity contribution in [1.29, 1.82) is 5.26 Å². The zero-order chi connectivity index (χ0) is 14.9. The van der Waals surface area contributed by atoms with Gasteiger partial charge < -0.3 is 4.90 Å². The Morgan fingerprint density at radius 3 is 2.26 bits per heavy atom. The molecule has 2 unspecified atom stereocenters. The van der Waals surface area contributed by atoms with Crippen LogP contribution in [0.4, 0.5) is 0 Å². The molecule has 0 aliphatic rings. The molecule has 0 saturated heterocycles. The molecule has 0 spiro atoms. The first kappa shape index (κ1) is 18.4. The summed E-state index contributed by atoms with van der Waals surface area (Å²) in [5.41, 5.74) is -0.418. The number of nitriles is 1. The topological polar surface area (TPSA) is 42.3 Å². The van der Waals surface area contributed by atoms with Crippen molar-refractivity contribution in [2.24, 2.45) is 0 Å². The van der Waals surface area contributed by atoms with Crippen LogP contribution >= 0.6 is 0 Å². The second-order valence-corrected chi connectivity index (χ2v) is 5.87. The number of hydrogen-bond donors (Lipinski definition) is 1. The Morgan fingerprint density at radius 2 is 1.84 bits per heavy atom. The second-order valence-electron chi connectivity index (χ2n) is 5.87. The van der Waals surface area contributed by atoms with Crippen LogP contribution in [-0.4, -0.2) is 61.7 Å². The highest BCUT2D eigenvalue weighted by Gasteiger charge is 2.27. The minimum Gasteiger partial charge on any atom is -0.308 e. The van der Waals surface area contributed by atoms with E-state index in [1.807, 2.05) is 6.92 Å². The zero-order valence-electron chi connectivity index (χ0n) is 13.7. The first-order valence-electron chi connectivity index (χ1n) is 7.43. The highest BCUT2D eigenvalue weighted by Crippen LogP contribution is 2.16. The fourth-order valence-electron chi connectivity index (χ4n) is 2.44. The summed E-state index contributed by atoms with van der Waals surface area (Å²) in [5.74, 6) is 0. The first-order chi connectivity index (χ1) is 8.88. The third kappa shape index (κ3) is 7.51. The van der Waals surface area contributed by atoms with Gasteiger partial charge in [0.1, 0.15) is 5.54 Å². The Hall–Kier alpha value is -0.630. The van der Waals surface area contributed by atoms with Gasteiger partial charge in [-0.2, -0.15) is 5.26 Å². The first-order valence-corrected chi connectivity index (χ1v) is 7.43. The Balaban J connectivity index is 4.53. The van der Waals surface area contributed by atoms with Crippen molar-refractivity contribution in [2.75, 3.05) is 40.3 Å². The maximum absolute atomic E-state index is 9.36. The quantitative estimate of drug-likeness (QED) is 0.657. The molecule has 19 heavy (non-hydrogen) atoms. The van der Waals surface area contributed by atoms with E-state index in [9.17, 15) is 5.26 Å². The van der Waals surface area contributed by atoms with Gasteiger partial charge in [0.25, 0.3) is 0 Å². The average Bonchev–Trinajstić information content (AvgIpc) is 2.34.